The second-order valence-corrected chi connectivity index (χ2v) is 5.52. The minimum absolute atomic E-state index is 0.0236. The van der Waals surface area contributed by atoms with Crippen molar-refractivity contribution in [2.75, 3.05) is 12.3 Å². The van der Waals surface area contributed by atoms with Crippen molar-refractivity contribution >= 4 is 23.2 Å². The van der Waals surface area contributed by atoms with Gasteiger partial charge in [-0.1, -0.05) is 31.0 Å². The average Bonchev–Trinajstić information content (AvgIpc) is 2.42. The maximum absolute atomic E-state index is 12.6. The lowest BCUT2D eigenvalue weighted by Gasteiger charge is -2.36. The number of rotatable bonds is 3. The number of piperidine rings is 1. The Balaban J connectivity index is 2.23. The smallest absolute Gasteiger partial charge is 0.255 e. The third kappa shape index (κ3) is 3.03. The number of anilines is 1. The van der Waals surface area contributed by atoms with Crippen molar-refractivity contribution in [3.05, 3.63) is 28.8 Å². The SMILES string of the molecule is CCCC1CCCCN1C(=O)c1cccc(N)c1Cl. The number of hydrogen-bond acceptors (Lipinski definition) is 2. The lowest BCUT2D eigenvalue weighted by atomic mass is 9.97. The number of nitrogen functional groups attached to an aromatic ring is 1. The van der Waals surface area contributed by atoms with Crippen LogP contribution in [0.4, 0.5) is 5.69 Å². The fourth-order valence-corrected chi connectivity index (χ4v) is 2.98. The largest absolute Gasteiger partial charge is 0.398 e. The van der Waals surface area contributed by atoms with Crippen LogP contribution in [0, 0.1) is 0 Å². The number of benzene rings is 1. The monoisotopic (exact) mass is 280 g/mol. The van der Waals surface area contributed by atoms with Gasteiger partial charge in [0.1, 0.15) is 0 Å². The van der Waals surface area contributed by atoms with E-state index >= 15 is 0 Å². The van der Waals surface area contributed by atoms with Gasteiger partial charge in [-0.15, -0.1) is 0 Å². The highest BCUT2D eigenvalue weighted by atomic mass is 35.5. The maximum Gasteiger partial charge on any atom is 0.255 e. The van der Waals surface area contributed by atoms with E-state index in [1.165, 1.54) is 6.42 Å². The van der Waals surface area contributed by atoms with Crippen molar-refractivity contribution in [1.29, 1.82) is 0 Å². The van der Waals surface area contributed by atoms with E-state index in [9.17, 15) is 4.79 Å². The third-order valence-corrected chi connectivity index (χ3v) is 4.19. The molecule has 3 nitrogen and oxygen atoms in total. The number of nitrogens with zero attached hydrogens (tertiary/aromatic N) is 1. The predicted molar refractivity (Wildman–Crippen MR) is 79.4 cm³/mol. The summed E-state index contributed by atoms with van der Waals surface area (Å²) in [6.07, 6.45) is 5.54. The van der Waals surface area contributed by atoms with Gasteiger partial charge >= 0.3 is 0 Å². The zero-order valence-corrected chi connectivity index (χ0v) is 12.1. The minimum Gasteiger partial charge on any atom is -0.398 e. The normalized spacial score (nSPS) is 19.5. The van der Waals surface area contributed by atoms with Crippen LogP contribution in [0.3, 0.4) is 0 Å². The molecule has 19 heavy (non-hydrogen) atoms. The molecule has 1 atom stereocenters. The lowest BCUT2D eigenvalue weighted by Crippen LogP contribution is -2.43. The Kier molecular flexibility index (Phi) is 4.70. The molecule has 0 aliphatic carbocycles. The molecular weight excluding hydrogens is 260 g/mol. The van der Waals surface area contributed by atoms with Crippen molar-refractivity contribution in [1.82, 2.24) is 4.90 Å². The fourth-order valence-electron chi connectivity index (χ4n) is 2.77. The molecule has 4 heteroatoms. The number of amides is 1. The Morgan fingerprint density at radius 1 is 1.47 bits per heavy atom. The van der Waals surface area contributed by atoms with Gasteiger partial charge in [-0.2, -0.15) is 0 Å². The van der Waals surface area contributed by atoms with Gasteiger partial charge < -0.3 is 10.6 Å². The fraction of sp³-hybridized carbons (Fsp3) is 0.533. The summed E-state index contributed by atoms with van der Waals surface area (Å²) in [6.45, 7) is 2.99. The molecule has 2 N–H and O–H groups in total. The molecule has 0 saturated carbocycles. The van der Waals surface area contributed by atoms with Crippen LogP contribution in [-0.2, 0) is 0 Å². The molecule has 1 aliphatic rings. The molecule has 104 valence electrons. The van der Waals surface area contributed by atoms with E-state index in [1.807, 2.05) is 4.90 Å². The summed E-state index contributed by atoms with van der Waals surface area (Å²) in [6, 6.07) is 5.62. The standard InChI is InChI=1S/C15H21ClN2O/c1-2-6-11-7-3-4-10-18(11)15(19)12-8-5-9-13(17)14(12)16/h5,8-9,11H,2-4,6-7,10,17H2,1H3. The molecule has 1 fully saturated rings. The van der Waals surface area contributed by atoms with Gasteiger partial charge in [0.05, 0.1) is 16.3 Å². The zero-order chi connectivity index (χ0) is 13.8. The Morgan fingerprint density at radius 2 is 2.26 bits per heavy atom. The van der Waals surface area contributed by atoms with E-state index in [2.05, 4.69) is 6.92 Å². The number of likely N-dealkylation sites (tertiary alicyclic amines) is 1. The summed E-state index contributed by atoms with van der Waals surface area (Å²) in [7, 11) is 0. The maximum atomic E-state index is 12.6. The second-order valence-electron chi connectivity index (χ2n) is 5.15. The molecule has 0 bridgehead atoms. The van der Waals surface area contributed by atoms with E-state index in [4.69, 9.17) is 17.3 Å². The first-order valence-corrected chi connectivity index (χ1v) is 7.38. The van der Waals surface area contributed by atoms with Gasteiger partial charge in [0.25, 0.3) is 5.91 Å². The molecule has 1 aromatic rings. The Labute approximate surface area is 119 Å². The van der Waals surface area contributed by atoms with Crippen LogP contribution in [-0.4, -0.2) is 23.4 Å². The first kappa shape index (κ1) is 14.2. The highest BCUT2D eigenvalue weighted by Gasteiger charge is 2.28. The summed E-state index contributed by atoms with van der Waals surface area (Å²) in [5.74, 6) is 0.0236. The Hall–Kier alpha value is -1.22. The summed E-state index contributed by atoms with van der Waals surface area (Å²) < 4.78 is 0. The Bertz CT molecular complexity index is 459. The molecule has 1 amide bonds. The van der Waals surface area contributed by atoms with Crippen LogP contribution in [0.2, 0.25) is 5.02 Å². The minimum atomic E-state index is 0.0236. The summed E-state index contributed by atoms with van der Waals surface area (Å²) in [5.41, 5.74) is 6.78. The van der Waals surface area contributed by atoms with Gasteiger partial charge in [0, 0.05) is 12.6 Å². The van der Waals surface area contributed by atoms with Crippen molar-refractivity contribution in [3.63, 3.8) is 0 Å². The lowest BCUT2D eigenvalue weighted by molar-refractivity contribution is 0.0601. The van der Waals surface area contributed by atoms with Gasteiger partial charge in [-0.3, -0.25) is 4.79 Å². The molecular formula is C15H21ClN2O. The van der Waals surface area contributed by atoms with E-state index < -0.39 is 0 Å². The van der Waals surface area contributed by atoms with Gasteiger partial charge in [0.2, 0.25) is 0 Å². The highest BCUT2D eigenvalue weighted by molar-refractivity contribution is 6.36. The van der Waals surface area contributed by atoms with Crippen molar-refractivity contribution < 1.29 is 4.79 Å². The third-order valence-electron chi connectivity index (χ3n) is 3.77. The number of hydrogen-bond donors (Lipinski definition) is 1. The van der Waals surface area contributed by atoms with Crippen molar-refractivity contribution in [2.45, 2.75) is 45.1 Å². The van der Waals surface area contributed by atoms with Gasteiger partial charge in [-0.05, 0) is 37.8 Å². The first-order valence-electron chi connectivity index (χ1n) is 7.00. The molecule has 0 radical (unpaired) electrons. The average molecular weight is 281 g/mol. The van der Waals surface area contributed by atoms with Crippen LogP contribution in [0.15, 0.2) is 18.2 Å². The molecule has 1 heterocycles. The highest BCUT2D eigenvalue weighted by Crippen LogP contribution is 2.28. The van der Waals surface area contributed by atoms with E-state index in [0.717, 1.165) is 32.2 Å². The topological polar surface area (TPSA) is 46.3 Å². The molecule has 1 unspecified atom stereocenters. The second kappa shape index (κ2) is 6.29. The summed E-state index contributed by atoms with van der Waals surface area (Å²) >= 11 is 6.16. The summed E-state index contributed by atoms with van der Waals surface area (Å²) in [4.78, 5) is 14.6. The summed E-state index contributed by atoms with van der Waals surface area (Å²) in [5, 5.41) is 0.383. The molecule has 0 aromatic heterocycles. The zero-order valence-electron chi connectivity index (χ0n) is 11.4. The quantitative estimate of drug-likeness (QED) is 0.858. The number of carbonyl (C=O) groups excluding carboxylic acids is 1. The van der Waals surface area contributed by atoms with Crippen LogP contribution in [0.25, 0.3) is 0 Å². The van der Waals surface area contributed by atoms with Crippen LogP contribution in [0.1, 0.15) is 49.4 Å². The Morgan fingerprint density at radius 3 is 3.00 bits per heavy atom. The van der Waals surface area contributed by atoms with Gasteiger partial charge in [0.15, 0.2) is 0 Å². The number of carbonyl (C=O) groups is 1. The molecule has 1 aliphatic heterocycles. The van der Waals surface area contributed by atoms with E-state index in [-0.39, 0.29) is 5.91 Å². The van der Waals surface area contributed by atoms with Crippen LogP contribution in [0.5, 0.6) is 0 Å². The molecule has 1 saturated heterocycles. The molecule has 1 aromatic carbocycles. The predicted octanol–water partition coefficient (Wildman–Crippen LogP) is 3.72. The number of halogens is 1. The van der Waals surface area contributed by atoms with Crippen molar-refractivity contribution in [3.8, 4) is 0 Å². The van der Waals surface area contributed by atoms with Crippen LogP contribution < -0.4 is 5.73 Å². The number of nitrogens with two attached hydrogens (primary N) is 1. The van der Waals surface area contributed by atoms with E-state index in [1.54, 1.807) is 18.2 Å². The molecule has 0 spiro atoms. The van der Waals surface area contributed by atoms with E-state index in [0.29, 0.717) is 22.3 Å². The first-order chi connectivity index (χ1) is 9.15. The van der Waals surface area contributed by atoms with Crippen molar-refractivity contribution in [2.24, 2.45) is 0 Å². The molecule has 2 rings (SSSR count). The van der Waals surface area contributed by atoms with Crippen LogP contribution >= 0.6 is 11.6 Å². The van der Waals surface area contributed by atoms with Gasteiger partial charge in [-0.25, -0.2) is 0 Å².